The normalized spacial score (nSPS) is 10.2. The van der Waals surface area contributed by atoms with Crippen LogP contribution in [0.3, 0.4) is 0 Å². The Labute approximate surface area is 126 Å². The van der Waals surface area contributed by atoms with Crippen molar-refractivity contribution in [2.45, 2.75) is 6.54 Å². The van der Waals surface area contributed by atoms with E-state index in [9.17, 15) is 9.59 Å². The number of halogens is 1. The second-order valence-corrected chi connectivity index (χ2v) is 4.74. The van der Waals surface area contributed by atoms with Crippen LogP contribution < -0.4 is 5.32 Å². The lowest BCUT2D eigenvalue weighted by Crippen LogP contribution is -2.28. The fourth-order valence-corrected chi connectivity index (χ4v) is 1.90. The van der Waals surface area contributed by atoms with Crippen LogP contribution in [0.2, 0.25) is 5.02 Å². The van der Waals surface area contributed by atoms with Gasteiger partial charge in [0.05, 0.1) is 5.02 Å². The zero-order valence-electron chi connectivity index (χ0n) is 11.4. The third kappa shape index (κ3) is 4.32. The molecule has 0 aliphatic heterocycles. The molecule has 0 spiro atoms. The van der Waals surface area contributed by atoms with Gasteiger partial charge in [0.25, 0.3) is 5.91 Å². The van der Waals surface area contributed by atoms with E-state index < -0.39 is 5.97 Å². The van der Waals surface area contributed by atoms with E-state index in [-0.39, 0.29) is 23.2 Å². The number of amides is 1. The van der Waals surface area contributed by atoms with Gasteiger partial charge in [0.2, 0.25) is 0 Å². The Balaban J connectivity index is 1.79. The molecule has 0 aliphatic carbocycles. The molecule has 0 saturated heterocycles. The van der Waals surface area contributed by atoms with Crippen molar-refractivity contribution in [3.05, 3.63) is 52.8 Å². The van der Waals surface area contributed by atoms with Crippen LogP contribution in [0, 0.1) is 0 Å². The lowest BCUT2D eigenvalue weighted by atomic mass is 10.2. The summed E-state index contributed by atoms with van der Waals surface area (Å²) in [5, 5.41) is 6.70. The summed E-state index contributed by atoms with van der Waals surface area (Å²) in [5.41, 5.74) is 0.958. The number of hydrogen-bond donors (Lipinski definition) is 1. The van der Waals surface area contributed by atoms with Crippen molar-refractivity contribution in [3.63, 3.8) is 0 Å². The smallest absolute Gasteiger partial charge is 0.360 e. The fraction of sp³-hybridized carbons (Fsp3) is 0.214. The molecule has 0 bridgehead atoms. The van der Waals surface area contributed by atoms with E-state index in [0.29, 0.717) is 6.54 Å². The second-order valence-electron chi connectivity index (χ2n) is 4.34. The molecule has 21 heavy (non-hydrogen) atoms. The quantitative estimate of drug-likeness (QED) is 0.851. The molecular weight excluding hydrogens is 294 g/mol. The Hall–Kier alpha value is -2.34. The number of ether oxygens (including phenoxy) is 1. The lowest BCUT2D eigenvalue weighted by molar-refractivity contribution is -0.124. The highest BCUT2D eigenvalue weighted by Gasteiger charge is 2.17. The van der Waals surface area contributed by atoms with Gasteiger partial charge in [-0.15, -0.1) is 0 Å². The number of esters is 1. The summed E-state index contributed by atoms with van der Waals surface area (Å²) in [6.07, 6.45) is 1.48. The van der Waals surface area contributed by atoms with E-state index in [0.717, 1.165) is 5.56 Å². The van der Waals surface area contributed by atoms with Crippen molar-refractivity contribution in [3.8, 4) is 0 Å². The maximum absolute atomic E-state index is 11.7. The van der Waals surface area contributed by atoms with Crippen molar-refractivity contribution in [2.75, 3.05) is 6.61 Å². The fourth-order valence-electron chi connectivity index (χ4n) is 1.64. The highest BCUT2D eigenvalue weighted by molar-refractivity contribution is 6.33. The summed E-state index contributed by atoms with van der Waals surface area (Å²) in [5.74, 6) is -1.12. The number of aromatic nitrogens is 2. The minimum Gasteiger partial charge on any atom is -0.451 e. The molecule has 1 amide bonds. The third-order valence-corrected chi connectivity index (χ3v) is 2.92. The molecule has 6 nitrogen and oxygen atoms in total. The van der Waals surface area contributed by atoms with Crippen molar-refractivity contribution in [1.82, 2.24) is 15.1 Å². The van der Waals surface area contributed by atoms with E-state index >= 15 is 0 Å². The monoisotopic (exact) mass is 307 g/mol. The molecule has 0 saturated carbocycles. The minimum atomic E-state index is -0.726. The Morgan fingerprint density at radius 1 is 1.33 bits per heavy atom. The van der Waals surface area contributed by atoms with E-state index in [1.165, 1.54) is 10.9 Å². The van der Waals surface area contributed by atoms with Crippen LogP contribution in [0.15, 0.2) is 36.5 Å². The number of benzene rings is 1. The van der Waals surface area contributed by atoms with Gasteiger partial charge in [-0.3, -0.25) is 9.48 Å². The van der Waals surface area contributed by atoms with Gasteiger partial charge in [-0.05, 0) is 5.56 Å². The Bertz CT molecular complexity index is 640. The van der Waals surface area contributed by atoms with E-state index in [1.54, 1.807) is 7.05 Å². The van der Waals surface area contributed by atoms with E-state index in [4.69, 9.17) is 16.3 Å². The van der Waals surface area contributed by atoms with Gasteiger partial charge in [-0.2, -0.15) is 5.10 Å². The number of nitrogens with one attached hydrogen (secondary N) is 1. The molecule has 2 rings (SSSR count). The molecule has 1 aromatic carbocycles. The average molecular weight is 308 g/mol. The predicted molar refractivity (Wildman–Crippen MR) is 76.8 cm³/mol. The van der Waals surface area contributed by atoms with Gasteiger partial charge in [0.1, 0.15) is 0 Å². The zero-order chi connectivity index (χ0) is 15.2. The zero-order valence-corrected chi connectivity index (χ0v) is 12.1. The Kier molecular flexibility index (Phi) is 4.94. The van der Waals surface area contributed by atoms with Crippen molar-refractivity contribution >= 4 is 23.5 Å². The molecule has 2 aromatic rings. The highest BCUT2D eigenvalue weighted by Crippen LogP contribution is 2.13. The number of aryl methyl sites for hydroxylation is 1. The summed E-state index contributed by atoms with van der Waals surface area (Å²) in [6.45, 7) is 0.000136. The van der Waals surface area contributed by atoms with Gasteiger partial charge in [-0.25, -0.2) is 4.79 Å². The van der Waals surface area contributed by atoms with Crippen LogP contribution in [0.4, 0.5) is 0 Å². The predicted octanol–water partition coefficient (Wildman–Crippen LogP) is 1.55. The number of carbonyl (C=O) groups is 2. The summed E-state index contributed by atoms with van der Waals surface area (Å²) >= 11 is 5.81. The van der Waals surface area contributed by atoms with E-state index in [1.807, 2.05) is 30.3 Å². The second kappa shape index (κ2) is 6.90. The van der Waals surface area contributed by atoms with Crippen molar-refractivity contribution in [2.24, 2.45) is 7.05 Å². The minimum absolute atomic E-state index is 0.00461. The first kappa shape index (κ1) is 15.1. The standard InChI is InChI=1S/C14H14ClN3O3/c1-18-8-11(15)13(17-18)14(20)21-9-12(19)16-7-10-5-3-2-4-6-10/h2-6,8H,7,9H2,1H3,(H,16,19). The molecule has 1 heterocycles. The lowest BCUT2D eigenvalue weighted by Gasteiger charge is -2.06. The topological polar surface area (TPSA) is 73.2 Å². The first-order valence-corrected chi connectivity index (χ1v) is 6.61. The summed E-state index contributed by atoms with van der Waals surface area (Å²) in [4.78, 5) is 23.3. The van der Waals surface area contributed by atoms with Gasteiger partial charge >= 0.3 is 5.97 Å². The van der Waals surface area contributed by atoms with E-state index in [2.05, 4.69) is 10.4 Å². The van der Waals surface area contributed by atoms with Crippen LogP contribution in [-0.4, -0.2) is 28.3 Å². The molecular formula is C14H14ClN3O3. The van der Waals surface area contributed by atoms with Gasteiger partial charge in [0, 0.05) is 19.8 Å². The molecule has 1 aromatic heterocycles. The number of carbonyl (C=O) groups excluding carboxylic acids is 2. The number of nitrogens with zero attached hydrogens (tertiary/aromatic N) is 2. The molecule has 7 heteroatoms. The first-order valence-electron chi connectivity index (χ1n) is 6.23. The molecule has 110 valence electrons. The summed E-state index contributed by atoms with van der Waals surface area (Å²) in [7, 11) is 1.63. The van der Waals surface area contributed by atoms with Crippen LogP contribution in [0.5, 0.6) is 0 Å². The van der Waals surface area contributed by atoms with Gasteiger partial charge < -0.3 is 10.1 Å². The molecule has 1 N–H and O–H groups in total. The van der Waals surface area contributed by atoms with Crippen molar-refractivity contribution in [1.29, 1.82) is 0 Å². The molecule has 0 radical (unpaired) electrons. The maximum Gasteiger partial charge on any atom is 0.360 e. The van der Waals surface area contributed by atoms with Gasteiger partial charge in [0.15, 0.2) is 12.3 Å². The maximum atomic E-state index is 11.7. The third-order valence-electron chi connectivity index (χ3n) is 2.64. The van der Waals surface area contributed by atoms with Crippen LogP contribution >= 0.6 is 11.6 Å². The van der Waals surface area contributed by atoms with Crippen molar-refractivity contribution < 1.29 is 14.3 Å². The summed E-state index contributed by atoms with van der Waals surface area (Å²) < 4.78 is 6.26. The number of rotatable bonds is 5. The average Bonchev–Trinajstić information content (AvgIpc) is 2.82. The van der Waals surface area contributed by atoms with Gasteiger partial charge in [-0.1, -0.05) is 41.9 Å². The molecule has 0 atom stereocenters. The Morgan fingerprint density at radius 2 is 2.05 bits per heavy atom. The first-order chi connectivity index (χ1) is 10.1. The largest absolute Gasteiger partial charge is 0.451 e. The Morgan fingerprint density at radius 3 is 2.67 bits per heavy atom. The van der Waals surface area contributed by atoms with Crippen LogP contribution in [0.1, 0.15) is 16.1 Å². The SMILES string of the molecule is Cn1cc(Cl)c(C(=O)OCC(=O)NCc2ccccc2)n1. The number of hydrogen-bond acceptors (Lipinski definition) is 4. The van der Waals surface area contributed by atoms with Crippen LogP contribution in [-0.2, 0) is 23.1 Å². The highest BCUT2D eigenvalue weighted by atomic mass is 35.5. The molecule has 0 aliphatic rings. The molecule has 0 fully saturated rings. The molecule has 0 unspecified atom stereocenters. The summed E-state index contributed by atoms with van der Waals surface area (Å²) in [6, 6.07) is 9.43. The van der Waals surface area contributed by atoms with Crippen LogP contribution in [0.25, 0.3) is 0 Å².